The molecule has 9 nitrogen and oxygen atoms in total. The fraction of sp³-hybridized carbons (Fsp3) is 0.167. The van der Waals surface area contributed by atoms with Crippen LogP contribution in [0.4, 0.5) is 0 Å². The van der Waals surface area contributed by atoms with Crippen LogP contribution in [0.1, 0.15) is 76.8 Å². The number of Topliss-reactive ketones (excluding diaryl/α,β-unsaturated/α-hetero) is 1. The number of rotatable bonds is 13. The van der Waals surface area contributed by atoms with Gasteiger partial charge < -0.3 is 18.9 Å². The van der Waals surface area contributed by atoms with Crippen LogP contribution in [0, 0.1) is 0 Å². The Morgan fingerprint density at radius 2 is 0.736 bits per heavy atom. The van der Waals surface area contributed by atoms with Gasteiger partial charge in [-0.2, -0.15) is 0 Å². The molecule has 5 aromatic carbocycles. The molecule has 0 unspecified atom stereocenters. The monoisotopic (exact) mass is 752 g/mol. The van der Waals surface area contributed by atoms with Crippen molar-refractivity contribution in [3.63, 3.8) is 0 Å². The Bertz CT molecular complexity index is 2020. The third-order valence-electron chi connectivity index (χ3n) is 7.88. The fourth-order valence-electron chi connectivity index (χ4n) is 4.91. The highest BCUT2D eigenvalue weighted by atomic mass is 35.5. The van der Waals surface area contributed by atoms with Crippen LogP contribution in [-0.4, -0.2) is 40.5 Å². The molecule has 0 heterocycles. The van der Waals surface area contributed by atoms with Crippen LogP contribution in [-0.2, 0) is 9.59 Å². The third-order valence-corrected chi connectivity index (χ3v) is 8.39. The number of esters is 2. The van der Waals surface area contributed by atoms with E-state index in [0.29, 0.717) is 43.8 Å². The Hall–Kier alpha value is -5.77. The van der Waals surface area contributed by atoms with Crippen LogP contribution < -0.4 is 18.9 Å². The van der Waals surface area contributed by atoms with Crippen molar-refractivity contribution >= 4 is 52.5 Å². The van der Waals surface area contributed by atoms with Gasteiger partial charge in [0, 0.05) is 43.9 Å². The Labute approximate surface area is 316 Å². The highest BCUT2D eigenvalue weighted by molar-refractivity contribution is 6.31. The van der Waals surface area contributed by atoms with Crippen molar-refractivity contribution in [2.75, 3.05) is 0 Å². The molecule has 0 saturated heterocycles. The van der Waals surface area contributed by atoms with E-state index in [1.807, 2.05) is 0 Å². The molecule has 5 rings (SSSR count). The number of halogens is 2. The van der Waals surface area contributed by atoms with E-state index < -0.39 is 23.1 Å². The van der Waals surface area contributed by atoms with Crippen molar-refractivity contribution < 1.29 is 42.9 Å². The number of hydrogen-bond acceptors (Lipinski definition) is 9. The lowest BCUT2D eigenvalue weighted by Gasteiger charge is -2.25. The van der Waals surface area contributed by atoms with Gasteiger partial charge in [-0.05, 0) is 144 Å². The van der Waals surface area contributed by atoms with Gasteiger partial charge in [0.25, 0.3) is 0 Å². The van der Waals surface area contributed by atoms with E-state index in [2.05, 4.69) is 0 Å². The van der Waals surface area contributed by atoms with Crippen molar-refractivity contribution in [1.29, 1.82) is 0 Å². The number of ether oxygens (including phenoxy) is 4. The number of carbonyl (C=O) groups excluding carboxylic acids is 5. The smallest absolute Gasteiger partial charge is 0.355 e. The summed E-state index contributed by atoms with van der Waals surface area (Å²) in [6.45, 7) is 7.31. The van der Waals surface area contributed by atoms with E-state index in [-0.39, 0.29) is 34.4 Å². The number of hydrogen-bond donors (Lipinski definition) is 0. The molecule has 0 aromatic heterocycles. The normalized spacial score (nSPS) is 11.3. The summed E-state index contributed by atoms with van der Waals surface area (Å²) in [7, 11) is 0. The second-order valence-electron chi connectivity index (χ2n) is 13.0. The molecular weight excluding hydrogens is 719 g/mol. The van der Waals surface area contributed by atoms with Gasteiger partial charge in [0.1, 0.15) is 23.0 Å². The van der Waals surface area contributed by atoms with E-state index >= 15 is 0 Å². The number of ketones is 3. The molecule has 0 atom stereocenters. The van der Waals surface area contributed by atoms with E-state index in [1.165, 1.54) is 52.8 Å². The summed E-state index contributed by atoms with van der Waals surface area (Å²) < 4.78 is 23.0. The largest absolute Gasteiger partial charge is 0.476 e. The first-order valence-electron chi connectivity index (χ1n) is 16.3. The summed E-state index contributed by atoms with van der Waals surface area (Å²) in [5, 5.41) is 1.04. The van der Waals surface area contributed by atoms with Gasteiger partial charge in [0.05, 0.1) is 0 Å². The van der Waals surface area contributed by atoms with E-state index in [0.717, 1.165) is 0 Å². The van der Waals surface area contributed by atoms with Gasteiger partial charge in [0.2, 0.25) is 11.2 Å². The second-order valence-corrected chi connectivity index (χ2v) is 13.8. The minimum Gasteiger partial charge on any atom is -0.476 e. The van der Waals surface area contributed by atoms with Crippen molar-refractivity contribution in [2.45, 2.75) is 45.8 Å². The van der Waals surface area contributed by atoms with Crippen LogP contribution in [0.2, 0.25) is 10.0 Å². The maximum Gasteiger partial charge on any atom is 0.355 e. The summed E-state index contributed by atoms with van der Waals surface area (Å²) in [4.78, 5) is 64.6. The molecule has 0 amide bonds. The summed E-state index contributed by atoms with van der Waals surface area (Å²) in [5.74, 6) is -1.92. The summed E-state index contributed by atoms with van der Waals surface area (Å²) >= 11 is 11.8. The fourth-order valence-corrected chi connectivity index (χ4v) is 5.16. The van der Waals surface area contributed by atoms with Gasteiger partial charge in [0.15, 0.2) is 17.3 Å². The number of benzene rings is 5. The highest BCUT2D eigenvalue weighted by Crippen LogP contribution is 2.29. The molecule has 0 spiro atoms. The summed E-state index contributed by atoms with van der Waals surface area (Å²) in [6, 6.07) is 29.6. The Kier molecular flexibility index (Phi) is 11.5. The first-order valence-corrected chi connectivity index (χ1v) is 17.1. The molecular formula is C42H34Cl2O9. The van der Waals surface area contributed by atoms with Gasteiger partial charge in [-0.15, -0.1) is 0 Å². The zero-order valence-corrected chi connectivity index (χ0v) is 30.9. The molecule has 0 bridgehead atoms. The first kappa shape index (κ1) is 38.5. The van der Waals surface area contributed by atoms with Crippen molar-refractivity contribution in [3.8, 4) is 23.0 Å². The average molecular weight is 754 g/mol. The zero-order chi connectivity index (χ0) is 38.5. The topological polar surface area (TPSA) is 122 Å². The predicted molar refractivity (Wildman–Crippen MR) is 200 cm³/mol. The quantitative estimate of drug-likeness (QED) is 0.0658. The second kappa shape index (κ2) is 15.9. The predicted octanol–water partition coefficient (Wildman–Crippen LogP) is 9.18. The van der Waals surface area contributed by atoms with Crippen LogP contribution in [0.15, 0.2) is 115 Å². The van der Waals surface area contributed by atoms with Crippen LogP contribution >= 0.6 is 23.2 Å². The maximum absolute atomic E-state index is 13.3. The Morgan fingerprint density at radius 3 is 1.04 bits per heavy atom. The van der Waals surface area contributed by atoms with Crippen molar-refractivity contribution in [1.82, 2.24) is 0 Å². The van der Waals surface area contributed by atoms with Crippen LogP contribution in [0.3, 0.4) is 0 Å². The molecule has 0 aliphatic carbocycles. The molecule has 0 N–H and O–H groups in total. The Balaban J connectivity index is 1.24. The lowest BCUT2D eigenvalue weighted by molar-refractivity contribution is -0.149. The van der Waals surface area contributed by atoms with Crippen molar-refractivity contribution in [2.24, 2.45) is 0 Å². The molecule has 5 aromatic rings. The van der Waals surface area contributed by atoms with Gasteiger partial charge in [-0.25, -0.2) is 9.59 Å². The van der Waals surface area contributed by atoms with E-state index in [4.69, 9.17) is 42.1 Å². The first-order chi connectivity index (χ1) is 25.0. The van der Waals surface area contributed by atoms with Gasteiger partial charge in [-0.3, -0.25) is 14.4 Å². The third kappa shape index (κ3) is 9.77. The molecule has 0 fully saturated rings. The maximum atomic E-state index is 13.3. The molecule has 0 aliphatic heterocycles. The number of carbonyl (C=O) groups is 5. The average Bonchev–Trinajstić information content (AvgIpc) is 3.12. The minimum absolute atomic E-state index is 0.0641. The lowest BCUT2D eigenvalue weighted by Crippen LogP contribution is -2.42. The standard InChI is InChI=1S/C42H34Cl2O9/c1-25(45)30-22-35(50-39(48)41(2,3)52-33-18-10-28(11-19-33)37(46)26-6-14-31(43)15-7-26)24-36(23-30)51-40(49)42(4,5)53-34-20-12-29(13-21-34)38(47)27-8-16-32(44)17-9-27/h6-24H,1-5H3. The molecule has 270 valence electrons. The minimum atomic E-state index is -1.52. The lowest BCUT2D eigenvalue weighted by atomic mass is 10.0. The molecule has 0 aliphatic rings. The highest BCUT2D eigenvalue weighted by Gasteiger charge is 2.35. The van der Waals surface area contributed by atoms with Crippen LogP contribution in [0.5, 0.6) is 23.0 Å². The van der Waals surface area contributed by atoms with E-state index in [9.17, 15) is 24.0 Å². The molecule has 53 heavy (non-hydrogen) atoms. The van der Waals surface area contributed by atoms with Gasteiger partial charge >= 0.3 is 11.9 Å². The summed E-state index contributed by atoms with van der Waals surface area (Å²) in [6.07, 6.45) is 0. The van der Waals surface area contributed by atoms with Crippen molar-refractivity contribution in [3.05, 3.63) is 153 Å². The van der Waals surface area contributed by atoms with Crippen LogP contribution in [0.25, 0.3) is 0 Å². The molecule has 11 heteroatoms. The molecule has 0 saturated carbocycles. The van der Waals surface area contributed by atoms with E-state index in [1.54, 1.807) is 97.1 Å². The summed E-state index contributed by atoms with van der Waals surface area (Å²) in [5.41, 5.74) is -1.15. The Morgan fingerprint density at radius 1 is 0.434 bits per heavy atom. The molecule has 0 radical (unpaired) electrons. The van der Waals surface area contributed by atoms with Gasteiger partial charge in [-0.1, -0.05) is 23.2 Å². The zero-order valence-electron chi connectivity index (χ0n) is 29.4. The SMILES string of the molecule is CC(=O)c1cc(OC(=O)C(C)(C)Oc2ccc(C(=O)c3ccc(Cl)cc3)cc2)cc(OC(=O)C(C)(C)Oc2ccc(C(=O)c3ccc(Cl)cc3)cc2)c1.